The highest BCUT2D eigenvalue weighted by molar-refractivity contribution is 7.17. The molecule has 0 saturated heterocycles. The summed E-state index contributed by atoms with van der Waals surface area (Å²) in [6.07, 6.45) is 4.50. The molecule has 1 heterocycles. The molecule has 0 amide bonds. The highest BCUT2D eigenvalue weighted by Crippen LogP contribution is 2.42. The monoisotopic (exact) mass is 244 g/mol. The van der Waals surface area contributed by atoms with Crippen LogP contribution in [0.5, 0.6) is 0 Å². The summed E-state index contributed by atoms with van der Waals surface area (Å²) in [5.41, 5.74) is 0.833. The summed E-state index contributed by atoms with van der Waals surface area (Å²) in [5, 5.41) is 3.17. The van der Waals surface area contributed by atoms with Gasteiger partial charge in [-0.25, -0.2) is 0 Å². The van der Waals surface area contributed by atoms with E-state index in [-0.39, 0.29) is 5.41 Å². The average molecular weight is 244 g/mol. The molecule has 0 N–H and O–H groups in total. The molecule has 1 fully saturated rings. The molecule has 0 unspecified atom stereocenters. The summed E-state index contributed by atoms with van der Waals surface area (Å²) >= 11 is 1.68. The summed E-state index contributed by atoms with van der Waals surface area (Å²) in [5.74, 6) is 0.354. The molecule has 3 rings (SSSR count). The molecular weight excluding hydrogens is 228 g/mol. The highest BCUT2D eigenvalue weighted by Gasteiger charge is 2.37. The standard InChI is InChI=1S/C15H16OS/c1-15(8-4-5-9-15)14(16)12-10-17-13-7-3-2-6-11(12)13/h2-3,6-7,10H,4-5,8-9H2,1H3. The molecule has 17 heavy (non-hydrogen) atoms. The van der Waals surface area contributed by atoms with Crippen LogP contribution in [0.1, 0.15) is 43.0 Å². The summed E-state index contributed by atoms with van der Waals surface area (Å²) in [4.78, 5) is 12.7. The van der Waals surface area contributed by atoms with Crippen LogP contribution in [0, 0.1) is 5.41 Å². The van der Waals surface area contributed by atoms with Gasteiger partial charge in [0.1, 0.15) is 0 Å². The number of carbonyl (C=O) groups excluding carboxylic acids is 1. The third-order valence-corrected chi connectivity index (χ3v) is 4.94. The molecule has 2 heteroatoms. The summed E-state index contributed by atoms with van der Waals surface area (Å²) in [7, 11) is 0. The number of Topliss-reactive ketones (excluding diaryl/α,β-unsaturated/α-hetero) is 1. The number of rotatable bonds is 2. The van der Waals surface area contributed by atoms with Gasteiger partial charge in [-0.3, -0.25) is 4.79 Å². The Hall–Kier alpha value is -1.15. The number of hydrogen-bond donors (Lipinski definition) is 0. The van der Waals surface area contributed by atoms with Crippen LogP contribution < -0.4 is 0 Å². The van der Waals surface area contributed by atoms with Gasteiger partial charge in [0.2, 0.25) is 0 Å². The van der Waals surface area contributed by atoms with Crippen LogP contribution in [-0.4, -0.2) is 5.78 Å². The Morgan fingerprint density at radius 2 is 1.94 bits per heavy atom. The van der Waals surface area contributed by atoms with Crippen molar-refractivity contribution >= 4 is 27.2 Å². The maximum Gasteiger partial charge on any atom is 0.170 e. The lowest BCUT2D eigenvalue weighted by Crippen LogP contribution is -2.23. The van der Waals surface area contributed by atoms with E-state index in [0.29, 0.717) is 5.78 Å². The van der Waals surface area contributed by atoms with Crippen molar-refractivity contribution in [3.05, 3.63) is 35.2 Å². The lowest BCUT2D eigenvalue weighted by atomic mass is 9.81. The number of carbonyl (C=O) groups is 1. The Morgan fingerprint density at radius 3 is 2.71 bits per heavy atom. The lowest BCUT2D eigenvalue weighted by molar-refractivity contribution is 0.0826. The molecule has 0 spiro atoms. The number of benzene rings is 1. The first-order valence-electron chi connectivity index (χ1n) is 6.22. The molecule has 88 valence electrons. The molecule has 1 aliphatic rings. The van der Waals surface area contributed by atoms with Crippen LogP contribution in [-0.2, 0) is 0 Å². The predicted molar refractivity (Wildman–Crippen MR) is 72.7 cm³/mol. The normalized spacial score (nSPS) is 18.6. The van der Waals surface area contributed by atoms with Crippen molar-refractivity contribution in [2.45, 2.75) is 32.6 Å². The van der Waals surface area contributed by atoms with Gasteiger partial charge < -0.3 is 0 Å². The van der Waals surface area contributed by atoms with E-state index in [0.717, 1.165) is 23.8 Å². The van der Waals surface area contributed by atoms with E-state index in [2.05, 4.69) is 19.1 Å². The fourth-order valence-electron chi connectivity index (χ4n) is 2.86. The smallest absolute Gasteiger partial charge is 0.170 e. The van der Waals surface area contributed by atoms with Gasteiger partial charge in [-0.1, -0.05) is 38.0 Å². The Bertz CT molecular complexity index is 561. The zero-order valence-electron chi connectivity index (χ0n) is 10.0. The zero-order valence-corrected chi connectivity index (χ0v) is 10.8. The van der Waals surface area contributed by atoms with E-state index < -0.39 is 0 Å². The van der Waals surface area contributed by atoms with Gasteiger partial charge in [0.15, 0.2) is 5.78 Å². The van der Waals surface area contributed by atoms with Crippen molar-refractivity contribution in [3.63, 3.8) is 0 Å². The van der Waals surface area contributed by atoms with Crippen molar-refractivity contribution < 1.29 is 4.79 Å². The van der Waals surface area contributed by atoms with Crippen LogP contribution in [0.15, 0.2) is 29.6 Å². The molecule has 1 aromatic heterocycles. The summed E-state index contributed by atoms with van der Waals surface area (Å²) < 4.78 is 1.22. The maximum absolute atomic E-state index is 12.7. The van der Waals surface area contributed by atoms with Gasteiger partial charge in [0.25, 0.3) is 0 Å². The Balaban J connectivity index is 2.07. The fourth-order valence-corrected chi connectivity index (χ4v) is 3.80. The minimum absolute atomic E-state index is 0.107. The topological polar surface area (TPSA) is 17.1 Å². The lowest BCUT2D eigenvalue weighted by Gasteiger charge is -2.21. The molecule has 1 nitrogen and oxygen atoms in total. The van der Waals surface area contributed by atoms with Crippen LogP contribution in [0.4, 0.5) is 0 Å². The Morgan fingerprint density at radius 1 is 1.24 bits per heavy atom. The molecular formula is C15H16OS. The Kier molecular flexibility index (Phi) is 2.55. The number of ketones is 1. The van der Waals surface area contributed by atoms with Crippen molar-refractivity contribution in [2.24, 2.45) is 5.41 Å². The summed E-state index contributed by atoms with van der Waals surface area (Å²) in [6.45, 7) is 2.13. The molecule has 0 aliphatic heterocycles. The quantitative estimate of drug-likeness (QED) is 0.702. The van der Waals surface area contributed by atoms with Crippen LogP contribution in [0.2, 0.25) is 0 Å². The number of thiophene rings is 1. The maximum atomic E-state index is 12.7. The molecule has 2 aromatic rings. The van der Waals surface area contributed by atoms with Gasteiger partial charge in [0, 0.05) is 26.4 Å². The summed E-state index contributed by atoms with van der Waals surface area (Å²) in [6, 6.07) is 8.21. The second kappa shape index (κ2) is 3.95. The third kappa shape index (κ3) is 1.71. The van der Waals surface area contributed by atoms with Crippen LogP contribution in [0.3, 0.4) is 0 Å². The van der Waals surface area contributed by atoms with Crippen molar-refractivity contribution in [1.82, 2.24) is 0 Å². The van der Waals surface area contributed by atoms with Crippen LogP contribution >= 0.6 is 11.3 Å². The fraction of sp³-hybridized carbons (Fsp3) is 0.400. The van der Waals surface area contributed by atoms with E-state index >= 15 is 0 Å². The molecule has 0 atom stereocenters. The largest absolute Gasteiger partial charge is 0.294 e. The van der Waals surface area contributed by atoms with E-state index in [4.69, 9.17) is 0 Å². The van der Waals surface area contributed by atoms with E-state index in [1.54, 1.807) is 11.3 Å². The second-order valence-electron chi connectivity index (χ2n) is 5.24. The van der Waals surface area contributed by atoms with Crippen molar-refractivity contribution in [2.75, 3.05) is 0 Å². The molecule has 0 bridgehead atoms. The molecule has 1 saturated carbocycles. The van der Waals surface area contributed by atoms with E-state index in [9.17, 15) is 4.79 Å². The minimum atomic E-state index is -0.107. The first-order valence-corrected chi connectivity index (χ1v) is 7.10. The van der Waals surface area contributed by atoms with Crippen molar-refractivity contribution in [3.8, 4) is 0 Å². The van der Waals surface area contributed by atoms with E-state index in [1.807, 2.05) is 17.5 Å². The SMILES string of the molecule is CC1(C(=O)c2csc3ccccc23)CCCC1. The third-order valence-electron chi connectivity index (χ3n) is 3.98. The van der Waals surface area contributed by atoms with Crippen molar-refractivity contribution in [1.29, 1.82) is 0 Å². The minimum Gasteiger partial charge on any atom is -0.294 e. The molecule has 1 aromatic carbocycles. The average Bonchev–Trinajstić information content (AvgIpc) is 2.95. The van der Waals surface area contributed by atoms with Gasteiger partial charge in [-0.15, -0.1) is 11.3 Å². The first-order chi connectivity index (χ1) is 8.21. The zero-order chi connectivity index (χ0) is 11.9. The molecule has 0 radical (unpaired) electrons. The van der Waals surface area contributed by atoms with Gasteiger partial charge in [0.05, 0.1) is 0 Å². The van der Waals surface area contributed by atoms with E-state index in [1.165, 1.54) is 17.5 Å². The Labute approximate surface area is 105 Å². The highest BCUT2D eigenvalue weighted by atomic mass is 32.1. The predicted octanol–water partition coefficient (Wildman–Crippen LogP) is 4.66. The van der Waals surface area contributed by atoms with Crippen LogP contribution in [0.25, 0.3) is 10.1 Å². The molecule has 1 aliphatic carbocycles. The van der Waals surface area contributed by atoms with Gasteiger partial charge in [-0.05, 0) is 18.9 Å². The number of fused-ring (bicyclic) bond motifs is 1. The number of hydrogen-bond acceptors (Lipinski definition) is 2. The van der Waals surface area contributed by atoms with Gasteiger partial charge >= 0.3 is 0 Å². The van der Waals surface area contributed by atoms with Gasteiger partial charge in [-0.2, -0.15) is 0 Å². The second-order valence-corrected chi connectivity index (χ2v) is 6.15. The first kappa shape index (κ1) is 11.0.